The van der Waals surface area contributed by atoms with Gasteiger partial charge in [0, 0.05) is 5.28 Å². The molecule has 0 radical (unpaired) electrons. The van der Waals surface area contributed by atoms with Crippen molar-refractivity contribution in [1.29, 1.82) is 0 Å². The molecule has 1 N–H and O–H groups in total. The molecule has 0 rings (SSSR count). The topological polar surface area (TPSA) is 71.2 Å². The quantitative estimate of drug-likeness (QED) is 0.290. The Kier molecular flexibility index (Phi) is 14.0. The van der Waals surface area contributed by atoms with Gasteiger partial charge in [0.1, 0.15) is 6.61 Å². The Morgan fingerprint density at radius 1 is 0.947 bits per heavy atom. The second-order valence-corrected chi connectivity index (χ2v) is 4.79. The highest BCUT2D eigenvalue weighted by Crippen LogP contribution is 2.10. The molecule has 0 aliphatic rings. The van der Waals surface area contributed by atoms with Crippen LogP contribution in [0.15, 0.2) is 10.4 Å². The van der Waals surface area contributed by atoms with Crippen molar-refractivity contribution in [2.24, 2.45) is 10.4 Å². The van der Waals surface area contributed by atoms with Crippen molar-refractivity contribution >= 4 is 5.97 Å². The van der Waals surface area contributed by atoms with Crippen LogP contribution >= 0.6 is 0 Å². The van der Waals surface area contributed by atoms with Crippen LogP contribution in [-0.2, 0) is 9.63 Å². The number of nitrogens with zero attached hydrogens (tertiary/aromatic N) is 2. The van der Waals surface area contributed by atoms with Gasteiger partial charge in [0.15, 0.2) is 6.54 Å². The molecule has 0 aromatic heterocycles. The third kappa shape index (κ3) is 16.9. The first-order chi connectivity index (χ1) is 9.27. The normalized spacial score (nSPS) is 11.0. The lowest BCUT2D eigenvalue weighted by molar-refractivity contribution is -0.135. The van der Waals surface area contributed by atoms with Gasteiger partial charge in [0.25, 0.3) is 0 Å². The van der Waals surface area contributed by atoms with Crippen LogP contribution < -0.4 is 0 Å². The molecule has 0 unspecified atom stereocenters. The molecule has 5 heteroatoms. The molecule has 0 aromatic carbocycles. The first kappa shape index (κ1) is 17.9. The molecule has 0 bridgehead atoms. The predicted octanol–water partition coefficient (Wildman–Crippen LogP) is 4.38. The van der Waals surface area contributed by atoms with E-state index in [1.807, 2.05) is 0 Å². The monoisotopic (exact) mass is 272 g/mol. The summed E-state index contributed by atoms with van der Waals surface area (Å²) >= 11 is 0. The number of aliphatic carboxylic acids is 1. The number of hydrogen-bond acceptors (Lipinski definition) is 4. The first-order valence-electron chi connectivity index (χ1n) is 7.48. The number of hydrogen-bond donors (Lipinski definition) is 1. The molecule has 0 saturated carbocycles. The Morgan fingerprint density at radius 2 is 1.47 bits per heavy atom. The van der Waals surface area contributed by atoms with Gasteiger partial charge >= 0.3 is 5.97 Å². The van der Waals surface area contributed by atoms with Crippen molar-refractivity contribution in [2.45, 2.75) is 71.1 Å². The molecule has 5 nitrogen and oxygen atoms in total. The van der Waals surface area contributed by atoms with Gasteiger partial charge in [-0.1, -0.05) is 58.3 Å². The van der Waals surface area contributed by atoms with E-state index in [0.717, 1.165) is 12.8 Å². The Morgan fingerprint density at radius 3 is 2.00 bits per heavy atom. The number of carboxylic acid groups (broad SMARTS) is 1. The summed E-state index contributed by atoms with van der Waals surface area (Å²) in [6.45, 7) is 2.45. The average molecular weight is 272 g/mol. The lowest BCUT2D eigenvalue weighted by Gasteiger charge is -2.01. The molecule has 0 saturated heterocycles. The van der Waals surface area contributed by atoms with Crippen LogP contribution in [-0.4, -0.2) is 24.2 Å². The van der Waals surface area contributed by atoms with Crippen LogP contribution in [0.3, 0.4) is 0 Å². The Labute approximate surface area is 116 Å². The van der Waals surface area contributed by atoms with Crippen molar-refractivity contribution in [3.63, 3.8) is 0 Å². The van der Waals surface area contributed by atoms with E-state index < -0.39 is 5.97 Å². The highest BCUT2D eigenvalue weighted by molar-refractivity contribution is 5.68. The molecule has 0 spiro atoms. The van der Waals surface area contributed by atoms with E-state index in [4.69, 9.17) is 9.94 Å². The van der Waals surface area contributed by atoms with Gasteiger partial charge in [0.2, 0.25) is 0 Å². The van der Waals surface area contributed by atoms with Crippen molar-refractivity contribution in [3.8, 4) is 0 Å². The second-order valence-electron chi connectivity index (χ2n) is 4.79. The van der Waals surface area contributed by atoms with Crippen LogP contribution in [0.1, 0.15) is 71.1 Å². The fourth-order valence-corrected chi connectivity index (χ4v) is 1.83. The van der Waals surface area contributed by atoms with Gasteiger partial charge < -0.3 is 9.94 Å². The van der Waals surface area contributed by atoms with Crippen LogP contribution in [0.25, 0.3) is 0 Å². The summed E-state index contributed by atoms with van der Waals surface area (Å²) in [4.78, 5) is 15.0. The fourth-order valence-electron chi connectivity index (χ4n) is 1.83. The number of carbonyl (C=O) groups is 1. The van der Waals surface area contributed by atoms with E-state index in [1.54, 1.807) is 0 Å². The fraction of sp³-hybridized carbons (Fsp3) is 0.929. The lowest BCUT2D eigenvalue weighted by Crippen LogP contribution is -1.98. The molecule has 0 amide bonds. The van der Waals surface area contributed by atoms with E-state index in [2.05, 4.69) is 17.3 Å². The third-order valence-electron chi connectivity index (χ3n) is 2.91. The Bertz CT molecular complexity index is 233. The maximum absolute atomic E-state index is 10.1. The standard InChI is InChI=1S/C14H28N2O3/c1-2-3-4-5-6-7-8-9-10-11-12-19-16-15-13-14(17)18/h2-13H2,1H3,(H,17,18). The number of unbranched alkanes of at least 4 members (excludes halogenated alkanes) is 9. The molecule has 0 fully saturated rings. The van der Waals surface area contributed by atoms with Crippen molar-refractivity contribution < 1.29 is 14.7 Å². The minimum atomic E-state index is -0.994. The maximum Gasteiger partial charge on any atom is 0.327 e. The molecule has 0 atom stereocenters. The Balaban J connectivity index is 3.02. The van der Waals surface area contributed by atoms with E-state index in [9.17, 15) is 4.79 Å². The zero-order chi connectivity index (χ0) is 14.2. The van der Waals surface area contributed by atoms with E-state index >= 15 is 0 Å². The predicted molar refractivity (Wildman–Crippen MR) is 75.2 cm³/mol. The van der Waals surface area contributed by atoms with Gasteiger partial charge in [-0.15, -0.1) is 5.11 Å². The van der Waals surface area contributed by atoms with E-state index in [-0.39, 0.29) is 6.54 Å². The smallest absolute Gasteiger partial charge is 0.327 e. The summed E-state index contributed by atoms with van der Waals surface area (Å²) in [5, 5.41) is 15.0. The number of carboxylic acids is 1. The second kappa shape index (κ2) is 14.9. The third-order valence-corrected chi connectivity index (χ3v) is 2.91. The van der Waals surface area contributed by atoms with Gasteiger partial charge in [-0.3, -0.25) is 4.79 Å². The zero-order valence-electron chi connectivity index (χ0n) is 12.1. The summed E-state index contributed by atoms with van der Waals surface area (Å²) in [7, 11) is 0. The lowest BCUT2D eigenvalue weighted by atomic mass is 10.1. The molecule has 19 heavy (non-hydrogen) atoms. The zero-order valence-corrected chi connectivity index (χ0v) is 12.1. The van der Waals surface area contributed by atoms with Gasteiger partial charge in [-0.05, 0) is 12.8 Å². The highest BCUT2D eigenvalue weighted by atomic mass is 16.6. The largest absolute Gasteiger partial charge is 0.480 e. The van der Waals surface area contributed by atoms with E-state index in [1.165, 1.54) is 51.4 Å². The summed E-state index contributed by atoms with van der Waals surface area (Å²) < 4.78 is 0. The highest BCUT2D eigenvalue weighted by Gasteiger charge is 1.93. The van der Waals surface area contributed by atoms with Gasteiger partial charge in [-0.2, -0.15) is 0 Å². The van der Waals surface area contributed by atoms with Crippen LogP contribution in [0.4, 0.5) is 0 Å². The van der Waals surface area contributed by atoms with Gasteiger partial charge in [0.05, 0.1) is 0 Å². The molecule has 0 aliphatic carbocycles. The summed E-state index contributed by atoms with van der Waals surface area (Å²) in [5.74, 6) is -0.994. The molecule has 0 heterocycles. The SMILES string of the molecule is CCCCCCCCCCCCON=NCC(=O)O. The van der Waals surface area contributed by atoms with Crippen molar-refractivity contribution in [2.75, 3.05) is 13.2 Å². The van der Waals surface area contributed by atoms with E-state index in [0.29, 0.717) is 6.61 Å². The van der Waals surface area contributed by atoms with Crippen LogP contribution in [0.2, 0.25) is 0 Å². The number of rotatable bonds is 14. The summed E-state index contributed by atoms with van der Waals surface area (Å²) in [5.41, 5.74) is 0. The summed E-state index contributed by atoms with van der Waals surface area (Å²) in [6, 6.07) is 0. The molecule has 112 valence electrons. The Hall–Kier alpha value is -1.13. The van der Waals surface area contributed by atoms with Crippen molar-refractivity contribution in [3.05, 3.63) is 0 Å². The molecule has 0 aromatic rings. The van der Waals surface area contributed by atoms with Crippen LogP contribution in [0, 0.1) is 0 Å². The minimum Gasteiger partial charge on any atom is -0.480 e. The molecular weight excluding hydrogens is 244 g/mol. The minimum absolute atomic E-state index is 0.321. The maximum atomic E-state index is 10.1. The van der Waals surface area contributed by atoms with Crippen LogP contribution in [0.5, 0.6) is 0 Å². The average Bonchev–Trinajstić information content (AvgIpc) is 2.39. The molecule has 0 aliphatic heterocycles. The molecular formula is C14H28N2O3. The van der Waals surface area contributed by atoms with Gasteiger partial charge in [-0.25, -0.2) is 0 Å². The summed E-state index contributed by atoms with van der Waals surface area (Å²) in [6.07, 6.45) is 12.8. The first-order valence-corrected chi connectivity index (χ1v) is 7.48. The van der Waals surface area contributed by atoms with Crippen molar-refractivity contribution in [1.82, 2.24) is 0 Å².